The summed E-state index contributed by atoms with van der Waals surface area (Å²) in [5, 5.41) is 20.6. The molecule has 1 aliphatic rings. The molecular weight excluding hydrogens is 188 g/mol. The van der Waals surface area contributed by atoms with Gasteiger partial charge in [-0.3, -0.25) is 10.1 Å². The normalized spacial score (nSPS) is 27.4. The van der Waals surface area contributed by atoms with Crippen LogP contribution in [0.3, 0.4) is 0 Å². The Morgan fingerprint density at radius 2 is 2.14 bits per heavy atom. The van der Waals surface area contributed by atoms with Crippen molar-refractivity contribution in [1.82, 2.24) is 10.2 Å². The fourth-order valence-electron chi connectivity index (χ4n) is 1.59. The first kappa shape index (κ1) is 10.8. The summed E-state index contributed by atoms with van der Waals surface area (Å²) >= 11 is 0. The Hall–Kier alpha value is -1.30. The van der Waals surface area contributed by atoms with Crippen molar-refractivity contribution in [2.45, 2.75) is 18.9 Å². The molecule has 0 radical (unpaired) electrons. The lowest BCUT2D eigenvalue weighted by Gasteiger charge is -2.38. The van der Waals surface area contributed by atoms with Crippen LogP contribution >= 0.6 is 0 Å². The van der Waals surface area contributed by atoms with E-state index < -0.39 is 17.6 Å². The van der Waals surface area contributed by atoms with Gasteiger partial charge < -0.3 is 15.1 Å². The van der Waals surface area contributed by atoms with E-state index in [-0.39, 0.29) is 6.54 Å². The van der Waals surface area contributed by atoms with Crippen LogP contribution in [0.5, 0.6) is 0 Å². The Bertz CT molecular complexity index is 256. The predicted octanol–water partition coefficient (Wildman–Crippen LogP) is -0.197. The summed E-state index contributed by atoms with van der Waals surface area (Å²) in [7, 11) is 0. The molecule has 1 aliphatic heterocycles. The lowest BCUT2D eigenvalue weighted by Crippen LogP contribution is -2.65. The van der Waals surface area contributed by atoms with E-state index in [0.717, 1.165) is 4.90 Å². The number of amides is 1. The third-order valence-corrected chi connectivity index (χ3v) is 2.59. The van der Waals surface area contributed by atoms with Gasteiger partial charge in [-0.15, -0.1) is 0 Å². The number of nitrogens with one attached hydrogen (secondary N) is 1. The summed E-state index contributed by atoms with van der Waals surface area (Å²) in [6.07, 6.45) is -0.697. The minimum atomic E-state index is -1.11. The van der Waals surface area contributed by atoms with Gasteiger partial charge in [-0.05, 0) is 6.42 Å². The van der Waals surface area contributed by atoms with Crippen molar-refractivity contribution in [3.8, 4) is 0 Å². The Labute approximate surface area is 81.5 Å². The van der Waals surface area contributed by atoms with E-state index in [1.54, 1.807) is 6.92 Å². The smallest absolute Gasteiger partial charge is 0.407 e. The second-order valence-electron chi connectivity index (χ2n) is 3.37. The maximum Gasteiger partial charge on any atom is 0.407 e. The zero-order chi connectivity index (χ0) is 10.8. The van der Waals surface area contributed by atoms with E-state index in [9.17, 15) is 9.59 Å². The summed E-state index contributed by atoms with van der Waals surface area (Å²) in [5.41, 5.74) is -1.11. The van der Waals surface area contributed by atoms with Gasteiger partial charge in [-0.25, -0.2) is 4.79 Å². The van der Waals surface area contributed by atoms with Crippen LogP contribution in [0.2, 0.25) is 0 Å². The van der Waals surface area contributed by atoms with Crippen molar-refractivity contribution in [3.63, 3.8) is 0 Å². The average molecular weight is 202 g/mol. The van der Waals surface area contributed by atoms with E-state index in [1.165, 1.54) is 0 Å². The number of hydrogen-bond acceptors (Lipinski definition) is 3. The maximum atomic E-state index is 11.0. The molecule has 0 aromatic rings. The standard InChI is InChI=1S/C8H14N2O4/c1-2-8(6(11)12)5-10(7(13)14)4-3-9-8/h9H,2-5H2,1H3,(H,11,12)(H,13,14). The molecule has 1 atom stereocenters. The van der Waals surface area contributed by atoms with Crippen LogP contribution in [-0.2, 0) is 4.79 Å². The number of rotatable bonds is 2. The van der Waals surface area contributed by atoms with Crippen molar-refractivity contribution in [2.75, 3.05) is 19.6 Å². The van der Waals surface area contributed by atoms with Crippen LogP contribution in [0.4, 0.5) is 4.79 Å². The quantitative estimate of drug-likeness (QED) is 0.577. The van der Waals surface area contributed by atoms with Crippen molar-refractivity contribution < 1.29 is 19.8 Å². The second-order valence-corrected chi connectivity index (χ2v) is 3.37. The molecule has 1 rings (SSSR count). The predicted molar refractivity (Wildman–Crippen MR) is 48.3 cm³/mol. The highest BCUT2D eigenvalue weighted by Gasteiger charge is 2.41. The van der Waals surface area contributed by atoms with Gasteiger partial charge in [0.25, 0.3) is 0 Å². The maximum absolute atomic E-state index is 11.0. The molecular formula is C8H14N2O4. The van der Waals surface area contributed by atoms with Crippen molar-refractivity contribution in [2.24, 2.45) is 0 Å². The third kappa shape index (κ3) is 1.79. The van der Waals surface area contributed by atoms with E-state index >= 15 is 0 Å². The Morgan fingerprint density at radius 1 is 1.50 bits per heavy atom. The number of nitrogens with zero attached hydrogens (tertiary/aromatic N) is 1. The molecule has 14 heavy (non-hydrogen) atoms. The minimum Gasteiger partial charge on any atom is -0.480 e. The third-order valence-electron chi connectivity index (χ3n) is 2.59. The van der Waals surface area contributed by atoms with Crippen LogP contribution in [0.25, 0.3) is 0 Å². The van der Waals surface area contributed by atoms with Crippen LogP contribution in [0, 0.1) is 0 Å². The molecule has 0 aromatic carbocycles. The van der Waals surface area contributed by atoms with Crippen LogP contribution in [-0.4, -0.2) is 52.3 Å². The molecule has 1 unspecified atom stereocenters. The molecule has 0 aromatic heterocycles. The van der Waals surface area contributed by atoms with Gasteiger partial charge in [-0.1, -0.05) is 6.92 Å². The van der Waals surface area contributed by atoms with Gasteiger partial charge in [0.15, 0.2) is 0 Å². The molecule has 0 aliphatic carbocycles. The molecule has 0 bridgehead atoms. The monoisotopic (exact) mass is 202 g/mol. The molecule has 0 saturated carbocycles. The van der Waals surface area contributed by atoms with Crippen LogP contribution in [0.1, 0.15) is 13.3 Å². The number of hydrogen-bond donors (Lipinski definition) is 3. The van der Waals surface area contributed by atoms with E-state index in [4.69, 9.17) is 10.2 Å². The topological polar surface area (TPSA) is 89.9 Å². The van der Waals surface area contributed by atoms with Crippen molar-refractivity contribution in [3.05, 3.63) is 0 Å². The largest absolute Gasteiger partial charge is 0.480 e. The Morgan fingerprint density at radius 3 is 2.57 bits per heavy atom. The number of aliphatic carboxylic acids is 1. The molecule has 6 nitrogen and oxygen atoms in total. The first-order valence-corrected chi connectivity index (χ1v) is 4.48. The number of carboxylic acid groups (broad SMARTS) is 2. The first-order valence-electron chi connectivity index (χ1n) is 4.48. The molecule has 1 heterocycles. The molecule has 1 saturated heterocycles. The van der Waals surface area contributed by atoms with E-state index in [1.807, 2.05) is 0 Å². The van der Waals surface area contributed by atoms with Crippen LogP contribution in [0.15, 0.2) is 0 Å². The van der Waals surface area contributed by atoms with Gasteiger partial charge in [0.1, 0.15) is 5.54 Å². The number of piperazine rings is 1. The van der Waals surface area contributed by atoms with Gasteiger partial charge in [0.05, 0.1) is 6.54 Å². The Kier molecular flexibility index (Phi) is 2.95. The minimum absolute atomic E-state index is 0.00810. The molecule has 3 N–H and O–H groups in total. The molecule has 0 spiro atoms. The second kappa shape index (κ2) is 3.83. The summed E-state index contributed by atoms with van der Waals surface area (Å²) in [5.74, 6) is -0.994. The zero-order valence-electron chi connectivity index (χ0n) is 7.99. The van der Waals surface area contributed by atoms with Crippen molar-refractivity contribution in [1.29, 1.82) is 0 Å². The fraction of sp³-hybridized carbons (Fsp3) is 0.750. The molecule has 1 fully saturated rings. The fourth-order valence-corrected chi connectivity index (χ4v) is 1.59. The summed E-state index contributed by atoms with van der Waals surface area (Å²) in [6.45, 7) is 2.46. The summed E-state index contributed by atoms with van der Waals surface area (Å²) in [6, 6.07) is 0. The molecule has 6 heteroatoms. The Balaban J connectivity index is 2.79. The number of carbonyl (C=O) groups is 2. The van der Waals surface area contributed by atoms with Gasteiger partial charge >= 0.3 is 12.1 Å². The van der Waals surface area contributed by atoms with E-state index in [0.29, 0.717) is 19.5 Å². The SMILES string of the molecule is CCC1(C(=O)O)CN(C(=O)O)CCN1. The first-order chi connectivity index (χ1) is 6.52. The lowest BCUT2D eigenvalue weighted by molar-refractivity contribution is -0.146. The van der Waals surface area contributed by atoms with Gasteiger partial charge in [-0.2, -0.15) is 0 Å². The molecule has 80 valence electrons. The van der Waals surface area contributed by atoms with Crippen LogP contribution < -0.4 is 5.32 Å². The highest BCUT2D eigenvalue weighted by molar-refractivity contribution is 5.80. The summed E-state index contributed by atoms with van der Waals surface area (Å²) < 4.78 is 0. The van der Waals surface area contributed by atoms with Crippen molar-refractivity contribution >= 4 is 12.1 Å². The lowest BCUT2D eigenvalue weighted by atomic mass is 9.93. The highest BCUT2D eigenvalue weighted by atomic mass is 16.4. The van der Waals surface area contributed by atoms with Gasteiger partial charge in [0, 0.05) is 13.1 Å². The molecule has 1 amide bonds. The van der Waals surface area contributed by atoms with Gasteiger partial charge in [0.2, 0.25) is 0 Å². The van der Waals surface area contributed by atoms with E-state index in [2.05, 4.69) is 5.32 Å². The highest BCUT2D eigenvalue weighted by Crippen LogP contribution is 2.16. The zero-order valence-corrected chi connectivity index (χ0v) is 7.99. The summed E-state index contributed by atoms with van der Waals surface area (Å²) in [4.78, 5) is 22.8. The number of carboxylic acids is 1. The average Bonchev–Trinajstić information content (AvgIpc) is 2.17.